The Morgan fingerprint density at radius 1 is 1.14 bits per heavy atom. The lowest BCUT2D eigenvalue weighted by molar-refractivity contribution is -0.153. The van der Waals surface area contributed by atoms with Gasteiger partial charge in [-0.15, -0.1) is 11.3 Å². The van der Waals surface area contributed by atoms with E-state index in [1.54, 1.807) is 0 Å². The summed E-state index contributed by atoms with van der Waals surface area (Å²) < 4.78 is 50.1. The zero-order valence-corrected chi connectivity index (χ0v) is 19.9. The standard InChI is InChI=1S/C25H22F3N3O3S/c1-14-12-18(22(33-14)25(26,27)28)24(32)31-10-8-17(9-11-31)23-29-19(13-35-23)20-15(2)34-30-21(20)16-6-4-3-5-7-16/h3-7,12-13,17H,8-11H2,1-2H3. The molecule has 3 aromatic heterocycles. The van der Waals surface area contributed by atoms with Crippen LogP contribution in [0.3, 0.4) is 0 Å². The van der Waals surface area contributed by atoms with Crippen molar-refractivity contribution in [2.75, 3.05) is 13.1 Å². The van der Waals surface area contributed by atoms with Gasteiger partial charge in [-0.25, -0.2) is 4.98 Å². The van der Waals surface area contributed by atoms with Crippen LogP contribution in [0.25, 0.3) is 22.5 Å². The van der Waals surface area contributed by atoms with Gasteiger partial charge in [-0.2, -0.15) is 13.2 Å². The normalized spacial score (nSPS) is 15.1. The lowest BCUT2D eigenvalue weighted by atomic mass is 9.96. The lowest BCUT2D eigenvalue weighted by Gasteiger charge is -2.31. The summed E-state index contributed by atoms with van der Waals surface area (Å²) in [6.07, 6.45) is -3.48. The number of aromatic nitrogens is 2. The molecular formula is C25H22F3N3O3S. The molecule has 0 bridgehead atoms. The molecular weight excluding hydrogens is 479 g/mol. The average molecular weight is 502 g/mol. The van der Waals surface area contributed by atoms with Gasteiger partial charge in [-0.05, 0) is 32.8 Å². The Morgan fingerprint density at radius 2 is 1.86 bits per heavy atom. The molecule has 4 aromatic rings. The monoisotopic (exact) mass is 501 g/mol. The van der Waals surface area contributed by atoms with Crippen molar-refractivity contribution in [3.63, 3.8) is 0 Å². The van der Waals surface area contributed by atoms with Crippen LogP contribution in [0.4, 0.5) is 13.2 Å². The Balaban J connectivity index is 1.31. The second-order valence-corrected chi connectivity index (χ2v) is 9.45. The number of hydrogen-bond donors (Lipinski definition) is 0. The number of carbonyl (C=O) groups is 1. The number of benzene rings is 1. The first-order chi connectivity index (χ1) is 16.7. The van der Waals surface area contributed by atoms with E-state index in [9.17, 15) is 18.0 Å². The molecule has 6 nitrogen and oxygen atoms in total. The summed E-state index contributed by atoms with van der Waals surface area (Å²) in [4.78, 5) is 19.1. The van der Waals surface area contributed by atoms with Crippen LogP contribution in [0.5, 0.6) is 0 Å². The first-order valence-electron chi connectivity index (χ1n) is 11.2. The molecule has 1 aromatic carbocycles. The molecule has 1 aliphatic heterocycles. The third-order valence-corrected chi connectivity index (χ3v) is 7.17. The highest BCUT2D eigenvalue weighted by Crippen LogP contribution is 2.39. The van der Waals surface area contributed by atoms with Crippen molar-refractivity contribution in [1.82, 2.24) is 15.0 Å². The minimum absolute atomic E-state index is 0.0600. The summed E-state index contributed by atoms with van der Waals surface area (Å²) in [6, 6.07) is 10.9. The van der Waals surface area contributed by atoms with Gasteiger partial charge in [0.25, 0.3) is 5.91 Å². The fourth-order valence-corrected chi connectivity index (χ4v) is 5.42. The maximum atomic E-state index is 13.3. The maximum absolute atomic E-state index is 13.3. The van der Waals surface area contributed by atoms with Gasteiger partial charge in [0.1, 0.15) is 17.2 Å². The molecule has 0 saturated carbocycles. The molecule has 1 saturated heterocycles. The highest BCUT2D eigenvalue weighted by atomic mass is 32.1. The number of amides is 1. The summed E-state index contributed by atoms with van der Waals surface area (Å²) in [7, 11) is 0. The van der Waals surface area contributed by atoms with Crippen LogP contribution in [-0.4, -0.2) is 34.0 Å². The van der Waals surface area contributed by atoms with E-state index in [-0.39, 0.29) is 11.7 Å². The SMILES string of the molecule is Cc1cc(C(=O)N2CCC(c3nc(-c4c(-c5ccccc5)noc4C)cs3)CC2)c(C(F)(F)F)o1. The Bertz CT molecular complexity index is 1350. The third kappa shape index (κ3) is 4.50. The number of nitrogens with zero attached hydrogens (tertiary/aromatic N) is 3. The van der Waals surface area contributed by atoms with Crippen LogP contribution in [0.1, 0.15) is 51.4 Å². The van der Waals surface area contributed by atoms with Crippen molar-refractivity contribution in [1.29, 1.82) is 0 Å². The van der Waals surface area contributed by atoms with Gasteiger partial charge in [-0.1, -0.05) is 35.5 Å². The molecule has 10 heteroatoms. The highest BCUT2D eigenvalue weighted by Gasteiger charge is 2.41. The molecule has 1 fully saturated rings. The van der Waals surface area contributed by atoms with E-state index < -0.39 is 23.4 Å². The molecule has 0 unspecified atom stereocenters. The molecule has 1 amide bonds. The van der Waals surface area contributed by atoms with Crippen LogP contribution >= 0.6 is 11.3 Å². The zero-order chi connectivity index (χ0) is 24.7. The number of rotatable bonds is 4. The molecule has 4 heterocycles. The Hall–Kier alpha value is -3.40. The van der Waals surface area contributed by atoms with E-state index in [0.29, 0.717) is 31.7 Å². The smallest absolute Gasteiger partial charge is 0.450 e. The first-order valence-corrected chi connectivity index (χ1v) is 12.0. The van der Waals surface area contributed by atoms with E-state index in [4.69, 9.17) is 13.9 Å². The number of likely N-dealkylation sites (tertiary alicyclic amines) is 1. The average Bonchev–Trinajstić information content (AvgIpc) is 3.57. The third-order valence-electron chi connectivity index (χ3n) is 6.16. The van der Waals surface area contributed by atoms with Gasteiger partial charge < -0.3 is 13.8 Å². The number of hydrogen-bond acceptors (Lipinski definition) is 6. The Labute approximate surface area is 203 Å². The lowest BCUT2D eigenvalue weighted by Crippen LogP contribution is -2.38. The van der Waals surface area contributed by atoms with Crippen molar-refractivity contribution < 1.29 is 26.9 Å². The van der Waals surface area contributed by atoms with E-state index in [0.717, 1.165) is 33.6 Å². The van der Waals surface area contributed by atoms with Gasteiger partial charge in [0.2, 0.25) is 5.76 Å². The van der Waals surface area contributed by atoms with E-state index in [2.05, 4.69) is 5.16 Å². The van der Waals surface area contributed by atoms with E-state index in [1.807, 2.05) is 42.6 Å². The van der Waals surface area contributed by atoms with E-state index in [1.165, 1.54) is 23.2 Å². The second-order valence-electron chi connectivity index (χ2n) is 8.56. The number of aryl methyl sites for hydroxylation is 2. The Kier molecular flexibility index (Phi) is 6.00. The van der Waals surface area contributed by atoms with Gasteiger partial charge in [0.05, 0.1) is 21.8 Å². The van der Waals surface area contributed by atoms with Crippen LogP contribution < -0.4 is 0 Å². The molecule has 0 aliphatic carbocycles. The van der Waals surface area contributed by atoms with Gasteiger partial charge in [-0.3, -0.25) is 4.79 Å². The van der Waals surface area contributed by atoms with Crippen molar-refractivity contribution in [3.8, 4) is 22.5 Å². The molecule has 5 rings (SSSR count). The number of furan rings is 1. The van der Waals surface area contributed by atoms with Crippen LogP contribution in [0.2, 0.25) is 0 Å². The number of alkyl halides is 3. The molecule has 35 heavy (non-hydrogen) atoms. The van der Waals surface area contributed by atoms with Crippen molar-refractivity contribution >= 4 is 17.2 Å². The van der Waals surface area contributed by atoms with Crippen LogP contribution in [0, 0.1) is 13.8 Å². The second kappa shape index (κ2) is 8.99. The van der Waals surface area contributed by atoms with Crippen molar-refractivity contribution in [2.45, 2.75) is 38.8 Å². The summed E-state index contributed by atoms with van der Waals surface area (Å²) in [5.41, 5.74) is 2.87. The van der Waals surface area contributed by atoms with Crippen LogP contribution in [-0.2, 0) is 6.18 Å². The van der Waals surface area contributed by atoms with Crippen LogP contribution in [0.15, 0.2) is 50.7 Å². The quantitative estimate of drug-likeness (QED) is 0.311. The van der Waals surface area contributed by atoms with Crippen molar-refractivity contribution in [3.05, 3.63) is 69.6 Å². The van der Waals surface area contributed by atoms with Gasteiger partial charge >= 0.3 is 6.18 Å². The minimum Gasteiger partial charge on any atom is -0.456 e. The summed E-state index contributed by atoms with van der Waals surface area (Å²) >= 11 is 1.53. The summed E-state index contributed by atoms with van der Waals surface area (Å²) in [6.45, 7) is 3.95. The fourth-order valence-electron chi connectivity index (χ4n) is 4.44. The van der Waals surface area contributed by atoms with Gasteiger partial charge in [0, 0.05) is 30.0 Å². The first kappa shape index (κ1) is 23.3. The largest absolute Gasteiger partial charge is 0.456 e. The highest BCUT2D eigenvalue weighted by molar-refractivity contribution is 7.10. The maximum Gasteiger partial charge on any atom is 0.450 e. The number of piperidine rings is 1. The predicted octanol–water partition coefficient (Wildman–Crippen LogP) is 6.71. The van der Waals surface area contributed by atoms with Crippen molar-refractivity contribution in [2.24, 2.45) is 0 Å². The predicted molar refractivity (Wildman–Crippen MR) is 124 cm³/mol. The number of carbonyl (C=O) groups excluding carboxylic acids is 1. The minimum atomic E-state index is -4.71. The van der Waals surface area contributed by atoms with Gasteiger partial charge in [0.15, 0.2) is 0 Å². The molecule has 1 aliphatic rings. The summed E-state index contributed by atoms with van der Waals surface area (Å²) in [5.74, 6) is -1.03. The molecule has 0 atom stereocenters. The Morgan fingerprint density at radius 3 is 2.54 bits per heavy atom. The number of halogens is 3. The molecule has 0 N–H and O–H groups in total. The molecule has 182 valence electrons. The zero-order valence-electron chi connectivity index (χ0n) is 19.1. The fraction of sp³-hybridized carbons (Fsp3) is 0.320. The molecule has 0 spiro atoms. The number of thiazole rings is 1. The molecule has 0 radical (unpaired) electrons. The summed E-state index contributed by atoms with van der Waals surface area (Å²) in [5, 5.41) is 7.13. The topological polar surface area (TPSA) is 72.4 Å². The van der Waals surface area contributed by atoms with E-state index >= 15 is 0 Å².